The molecule has 3 heteroatoms. The van der Waals surface area contributed by atoms with Crippen LogP contribution in [0.4, 0.5) is 4.39 Å². The third kappa shape index (κ3) is 4.27. The van der Waals surface area contributed by atoms with Crippen molar-refractivity contribution in [1.82, 2.24) is 0 Å². The van der Waals surface area contributed by atoms with Crippen molar-refractivity contribution in [2.45, 2.75) is 53.6 Å². The lowest BCUT2D eigenvalue weighted by Gasteiger charge is -2.32. The minimum absolute atomic E-state index is 0.275. The Kier molecular flexibility index (Phi) is 6.12. The number of fused-ring (bicyclic) bond motifs is 1. The van der Waals surface area contributed by atoms with E-state index in [0.717, 1.165) is 28.9 Å². The van der Waals surface area contributed by atoms with Gasteiger partial charge in [-0.2, -0.15) is 0 Å². The Morgan fingerprint density at radius 1 is 1.23 bits per heavy atom. The van der Waals surface area contributed by atoms with Crippen molar-refractivity contribution >= 4 is 11.1 Å². The van der Waals surface area contributed by atoms with Gasteiger partial charge in [-0.05, 0) is 70.4 Å². The summed E-state index contributed by atoms with van der Waals surface area (Å²) in [5.41, 5.74) is 4.14. The normalized spacial score (nSPS) is 17.4. The number of methoxy groups -OCH3 is 1. The highest BCUT2D eigenvalue weighted by Crippen LogP contribution is 2.43. The van der Waals surface area contributed by atoms with E-state index in [1.54, 1.807) is 20.1 Å². The van der Waals surface area contributed by atoms with Crippen LogP contribution >= 0.6 is 0 Å². The molecule has 26 heavy (non-hydrogen) atoms. The van der Waals surface area contributed by atoms with Gasteiger partial charge in [-0.25, -0.2) is 4.39 Å². The van der Waals surface area contributed by atoms with Gasteiger partial charge in [0.25, 0.3) is 0 Å². The van der Waals surface area contributed by atoms with E-state index in [2.05, 4.69) is 13.0 Å². The Bertz CT molecular complexity index is 808. The molecule has 0 amide bonds. The van der Waals surface area contributed by atoms with Crippen LogP contribution in [-0.4, -0.2) is 12.7 Å². The van der Waals surface area contributed by atoms with Crippen LogP contribution in [0.2, 0.25) is 0 Å². The zero-order valence-corrected chi connectivity index (χ0v) is 16.9. The first kappa shape index (κ1) is 20.0. The highest BCUT2D eigenvalue weighted by Gasteiger charge is 2.27. The number of benzene rings is 1. The van der Waals surface area contributed by atoms with E-state index in [1.165, 1.54) is 11.6 Å². The van der Waals surface area contributed by atoms with Crippen LogP contribution < -0.4 is 9.47 Å². The number of hydrogen-bond donors (Lipinski definition) is 0. The van der Waals surface area contributed by atoms with Crippen molar-refractivity contribution in [2.24, 2.45) is 0 Å². The highest BCUT2D eigenvalue weighted by molar-refractivity contribution is 5.81. The molecule has 0 saturated heterocycles. The largest absolute Gasteiger partial charge is 0.496 e. The Labute approximate surface area is 156 Å². The number of rotatable bonds is 5. The number of halogens is 1. The fourth-order valence-corrected chi connectivity index (χ4v) is 3.02. The maximum atomic E-state index is 14.7. The molecule has 1 aliphatic rings. The number of allylic oxidation sites excluding steroid dienone is 7. The summed E-state index contributed by atoms with van der Waals surface area (Å²) in [6.45, 7) is 11.8. The zero-order valence-electron chi connectivity index (χ0n) is 16.9. The molecule has 0 saturated carbocycles. The van der Waals surface area contributed by atoms with E-state index in [4.69, 9.17) is 9.47 Å². The lowest BCUT2D eigenvalue weighted by Crippen LogP contribution is -2.29. The Morgan fingerprint density at radius 2 is 1.92 bits per heavy atom. The average Bonchev–Trinajstić information content (AvgIpc) is 2.62. The molecule has 1 aromatic rings. The third-order valence-electron chi connectivity index (χ3n) is 4.63. The molecule has 0 aromatic heterocycles. The second kappa shape index (κ2) is 7.94. The van der Waals surface area contributed by atoms with Gasteiger partial charge in [0.05, 0.1) is 7.11 Å². The minimum Gasteiger partial charge on any atom is -0.496 e. The van der Waals surface area contributed by atoms with Crippen molar-refractivity contribution in [2.75, 3.05) is 7.11 Å². The van der Waals surface area contributed by atoms with Gasteiger partial charge in [0.2, 0.25) is 0 Å². The molecule has 1 aliphatic heterocycles. The van der Waals surface area contributed by atoms with Crippen molar-refractivity contribution < 1.29 is 13.9 Å². The van der Waals surface area contributed by atoms with Crippen LogP contribution in [0.25, 0.3) is 11.1 Å². The molecule has 2 rings (SSSR count). The predicted octanol–water partition coefficient (Wildman–Crippen LogP) is 6.88. The molecular formula is C23H29FO2. The van der Waals surface area contributed by atoms with Crippen LogP contribution in [-0.2, 0) is 0 Å². The molecule has 0 spiro atoms. The fraction of sp³-hybridized carbons (Fsp3) is 0.391. The predicted molar refractivity (Wildman–Crippen MR) is 108 cm³/mol. The number of hydrogen-bond acceptors (Lipinski definition) is 2. The first-order chi connectivity index (χ1) is 12.2. The fourth-order valence-electron chi connectivity index (χ4n) is 3.02. The van der Waals surface area contributed by atoms with Crippen molar-refractivity contribution in [1.29, 1.82) is 0 Å². The molecule has 0 aliphatic carbocycles. The van der Waals surface area contributed by atoms with Crippen LogP contribution in [0, 0.1) is 0 Å². The monoisotopic (exact) mass is 356 g/mol. The van der Waals surface area contributed by atoms with Gasteiger partial charge in [0.1, 0.15) is 22.9 Å². The van der Waals surface area contributed by atoms with Gasteiger partial charge in [-0.3, -0.25) is 0 Å². The molecule has 1 heterocycles. The maximum absolute atomic E-state index is 14.7. The van der Waals surface area contributed by atoms with E-state index >= 15 is 0 Å². The molecular weight excluding hydrogens is 327 g/mol. The summed E-state index contributed by atoms with van der Waals surface area (Å²) in [5.74, 6) is 1.12. The summed E-state index contributed by atoms with van der Waals surface area (Å²) in [6.07, 6.45) is 8.23. The van der Waals surface area contributed by atoms with E-state index in [9.17, 15) is 4.39 Å². The second-order valence-electron chi connectivity index (χ2n) is 7.12. The molecule has 2 nitrogen and oxygen atoms in total. The lowest BCUT2D eigenvalue weighted by atomic mass is 9.90. The first-order valence-corrected chi connectivity index (χ1v) is 9.03. The standard InChI is InChI=1S/C23H29FO2/c1-8-15(3)10-11-20(24)16(4)18-12-19-17(9-2)14-23(5,6)26-22(19)13-21(18)25-7/h8,10-14H,9H2,1-7H3/b11-10+,15-8+,20-16+. The smallest absolute Gasteiger partial charge is 0.131 e. The van der Waals surface area contributed by atoms with Crippen LogP contribution in [0.3, 0.4) is 0 Å². The van der Waals surface area contributed by atoms with E-state index in [0.29, 0.717) is 11.3 Å². The Hall–Kier alpha value is -2.29. The SMILES string of the molecule is C/C=C(C)/C=C/C(F)=C(/C)c1cc2c(cc1OC)OC(C)(C)C=C2CC. The van der Waals surface area contributed by atoms with Gasteiger partial charge in [0, 0.05) is 17.2 Å². The van der Waals surface area contributed by atoms with Gasteiger partial charge in [-0.15, -0.1) is 0 Å². The molecule has 0 atom stereocenters. The van der Waals surface area contributed by atoms with Gasteiger partial charge in [-0.1, -0.05) is 24.6 Å². The van der Waals surface area contributed by atoms with Crippen LogP contribution in [0.1, 0.15) is 59.1 Å². The van der Waals surface area contributed by atoms with Gasteiger partial charge >= 0.3 is 0 Å². The third-order valence-corrected chi connectivity index (χ3v) is 4.63. The Balaban J connectivity index is 2.59. The van der Waals surface area contributed by atoms with Gasteiger partial charge < -0.3 is 9.47 Å². The average molecular weight is 356 g/mol. The summed E-state index contributed by atoms with van der Waals surface area (Å²) >= 11 is 0. The summed E-state index contributed by atoms with van der Waals surface area (Å²) in [7, 11) is 1.60. The molecule has 0 radical (unpaired) electrons. The summed E-state index contributed by atoms with van der Waals surface area (Å²) < 4.78 is 26.3. The minimum atomic E-state index is -0.367. The Morgan fingerprint density at radius 3 is 2.50 bits per heavy atom. The van der Waals surface area contributed by atoms with E-state index in [-0.39, 0.29) is 11.4 Å². The molecule has 0 fully saturated rings. The van der Waals surface area contributed by atoms with Crippen molar-refractivity contribution in [3.63, 3.8) is 0 Å². The van der Waals surface area contributed by atoms with Crippen LogP contribution in [0.5, 0.6) is 11.5 Å². The molecule has 0 N–H and O–H groups in total. The quantitative estimate of drug-likeness (QED) is 0.535. The van der Waals surface area contributed by atoms with E-state index < -0.39 is 0 Å². The lowest BCUT2D eigenvalue weighted by molar-refractivity contribution is 0.157. The molecule has 140 valence electrons. The molecule has 0 unspecified atom stereocenters. The molecule has 0 bridgehead atoms. The maximum Gasteiger partial charge on any atom is 0.131 e. The van der Waals surface area contributed by atoms with Crippen molar-refractivity contribution in [3.8, 4) is 11.5 Å². The first-order valence-electron chi connectivity index (χ1n) is 9.03. The summed E-state index contributed by atoms with van der Waals surface area (Å²) in [5, 5.41) is 0. The van der Waals surface area contributed by atoms with E-state index in [1.807, 2.05) is 45.9 Å². The second-order valence-corrected chi connectivity index (χ2v) is 7.12. The van der Waals surface area contributed by atoms with Crippen LogP contribution in [0.15, 0.2) is 47.8 Å². The number of ether oxygens (including phenoxy) is 2. The zero-order chi connectivity index (χ0) is 19.5. The summed E-state index contributed by atoms with van der Waals surface area (Å²) in [6, 6.07) is 3.84. The van der Waals surface area contributed by atoms with Crippen molar-refractivity contribution in [3.05, 3.63) is 59.0 Å². The molecule has 1 aromatic carbocycles. The summed E-state index contributed by atoms with van der Waals surface area (Å²) in [4.78, 5) is 0. The highest BCUT2D eigenvalue weighted by atomic mass is 19.1. The topological polar surface area (TPSA) is 18.5 Å². The van der Waals surface area contributed by atoms with Gasteiger partial charge in [0.15, 0.2) is 0 Å².